The van der Waals surface area contributed by atoms with Crippen LogP contribution in [0.2, 0.25) is 0 Å². The summed E-state index contributed by atoms with van der Waals surface area (Å²) in [7, 11) is 0. The number of hydrogen-bond donors (Lipinski definition) is 1. The molecule has 0 fully saturated rings. The zero-order valence-corrected chi connectivity index (χ0v) is 11.2. The highest BCUT2D eigenvalue weighted by atomic mass is 32.1. The van der Waals surface area contributed by atoms with Crippen molar-refractivity contribution < 1.29 is 9.31 Å². The summed E-state index contributed by atoms with van der Waals surface area (Å²) in [6.07, 6.45) is 0. The number of anilines is 1. The molecule has 0 spiro atoms. The van der Waals surface area contributed by atoms with E-state index in [-0.39, 0.29) is 17.4 Å². The Kier molecular flexibility index (Phi) is 3.75. The Morgan fingerprint density at radius 1 is 1.53 bits per heavy atom. The smallest absolute Gasteiger partial charge is 0.271 e. The third kappa shape index (κ3) is 2.87. The molecule has 0 radical (unpaired) electrons. The average molecular weight is 281 g/mol. The van der Waals surface area contributed by atoms with Crippen molar-refractivity contribution >= 4 is 22.7 Å². The van der Waals surface area contributed by atoms with E-state index in [4.69, 9.17) is 0 Å². The van der Waals surface area contributed by atoms with E-state index in [1.54, 1.807) is 5.51 Å². The lowest BCUT2D eigenvalue weighted by Crippen LogP contribution is -2.08. The van der Waals surface area contributed by atoms with Gasteiger partial charge in [0, 0.05) is 17.0 Å². The van der Waals surface area contributed by atoms with Gasteiger partial charge in [-0.25, -0.2) is 9.37 Å². The number of halogens is 1. The van der Waals surface area contributed by atoms with Crippen molar-refractivity contribution in [3.63, 3.8) is 0 Å². The van der Waals surface area contributed by atoms with Crippen LogP contribution in [0.3, 0.4) is 0 Å². The van der Waals surface area contributed by atoms with Gasteiger partial charge in [0.1, 0.15) is 5.82 Å². The summed E-state index contributed by atoms with van der Waals surface area (Å²) in [6.45, 7) is 3.73. The number of aromatic nitrogens is 1. The quantitative estimate of drug-likeness (QED) is 0.685. The van der Waals surface area contributed by atoms with Gasteiger partial charge in [-0.05, 0) is 19.9 Å². The summed E-state index contributed by atoms with van der Waals surface area (Å²) in [4.78, 5) is 15.2. The van der Waals surface area contributed by atoms with Gasteiger partial charge in [0.2, 0.25) is 0 Å². The number of nitro groups is 1. The minimum absolute atomic E-state index is 0.120. The van der Waals surface area contributed by atoms with Crippen molar-refractivity contribution in [3.05, 3.63) is 50.2 Å². The summed E-state index contributed by atoms with van der Waals surface area (Å²) in [5.41, 5.74) is 2.56. The molecule has 0 saturated heterocycles. The van der Waals surface area contributed by atoms with Gasteiger partial charge in [-0.3, -0.25) is 10.1 Å². The highest BCUT2D eigenvalue weighted by Crippen LogP contribution is 2.28. The monoisotopic (exact) mass is 281 g/mol. The van der Waals surface area contributed by atoms with Crippen LogP contribution >= 0.6 is 11.3 Å². The van der Waals surface area contributed by atoms with E-state index in [1.165, 1.54) is 17.4 Å². The molecule has 19 heavy (non-hydrogen) atoms. The Morgan fingerprint density at radius 2 is 2.26 bits per heavy atom. The first kappa shape index (κ1) is 13.4. The van der Waals surface area contributed by atoms with Crippen LogP contribution in [0.5, 0.6) is 0 Å². The Bertz CT molecular complexity index is 615. The molecule has 1 heterocycles. The maximum atomic E-state index is 13.6. The van der Waals surface area contributed by atoms with Crippen LogP contribution in [0.15, 0.2) is 23.7 Å². The molecule has 7 heteroatoms. The fourth-order valence-electron chi connectivity index (χ4n) is 1.76. The van der Waals surface area contributed by atoms with E-state index < -0.39 is 10.7 Å². The Hall–Kier alpha value is -2.02. The van der Waals surface area contributed by atoms with Crippen molar-refractivity contribution in [1.82, 2.24) is 4.98 Å². The SMILES string of the molecule is Cc1ncsc1C(C)Nc1cc([N+](=O)[O-])ccc1F. The highest BCUT2D eigenvalue weighted by molar-refractivity contribution is 7.09. The fourth-order valence-corrected chi connectivity index (χ4v) is 2.57. The summed E-state index contributed by atoms with van der Waals surface area (Å²) in [5.74, 6) is -0.514. The topological polar surface area (TPSA) is 68.1 Å². The molecular formula is C12H12FN3O2S. The second-order valence-corrected chi connectivity index (χ2v) is 4.98. The summed E-state index contributed by atoms with van der Waals surface area (Å²) in [6, 6.07) is 3.27. The molecule has 0 bridgehead atoms. The fraction of sp³-hybridized carbons (Fsp3) is 0.250. The zero-order chi connectivity index (χ0) is 14.0. The molecule has 2 aromatic rings. The Balaban J connectivity index is 2.26. The minimum Gasteiger partial charge on any atom is -0.375 e. The molecule has 0 aliphatic carbocycles. The number of hydrogen-bond acceptors (Lipinski definition) is 5. The molecule has 0 aliphatic heterocycles. The van der Waals surface area contributed by atoms with Crippen molar-refractivity contribution in [1.29, 1.82) is 0 Å². The van der Waals surface area contributed by atoms with E-state index in [2.05, 4.69) is 10.3 Å². The highest BCUT2D eigenvalue weighted by Gasteiger charge is 2.15. The van der Waals surface area contributed by atoms with Gasteiger partial charge in [0.05, 0.1) is 27.9 Å². The van der Waals surface area contributed by atoms with E-state index in [0.717, 1.165) is 22.7 Å². The number of benzene rings is 1. The van der Waals surface area contributed by atoms with E-state index >= 15 is 0 Å². The number of non-ortho nitro benzene ring substituents is 1. The maximum absolute atomic E-state index is 13.6. The predicted octanol–water partition coefficient (Wildman–Crippen LogP) is 3.67. The largest absolute Gasteiger partial charge is 0.375 e. The van der Waals surface area contributed by atoms with Crippen molar-refractivity contribution in [2.45, 2.75) is 19.9 Å². The van der Waals surface area contributed by atoms with Crippen molar-refractivity contribution in [3.8, 4) is 0 Å². The molecular weight excluding hydrogens is 269 g/mol. The van der Waals surface area contributed by atoms with E-state index in [1.807, 2.05) is 13.8 Å². The number of nitro benzene ring substituents is 1. The number of nitrogens with one attached hydrogen (secondary N) is 1. The average Bonchev–Trinajstić information content (AvgIpc) is 2.78. The maximum Gasteiger partial charge on any atom is 0.271 e. The van der Waals surface area contributed by atoms with Gasteiger partial charge < -0.3 is 5.32 Å². The van der Waals surface area contributed by atoms with Crippen LogP contribution in [0, 0.1) is 22.9 Å². The molecule has 2 rings (SSSR count). The summed E-state index contributed by atoms with van der Waals surface area (Å²) >= 11 is 1.46. The number of thiazole rings is 1. The first-order valence-corrected chi connectivity index (χ1v) is 6.47. The molecule has 1 atom stereocenters. The van der Waals surface area contributed by atoms with Crippen LogP contribution in [0.25, 0.3) is 0 Å². The van der Waals surface area contributed by atoms with Crippen LogP contribution in [0.4, 0.5) is 15.8 Å². The van der Waals surface area contributed by atoms with Crippen LogP contribution in [0.1, 0.15) is 23.5 Å². The molecule has 0 amide bonds. The number of nitrogens with zero attached hydrogens (tertiary/aromatic N) is 2. The summed E-state index contributed by atoms with van der Waals surface area (Å²) < 4.78 is 13.6. The number of aryl methyl sites for hydroxylation is 1. The van der Waals surface area contributed by atoms with Gasteiger partial charge in [0.25, 0.3) is 5.69 Å². The lowest BCUT2D eigenvalue weighted by molar-refractivity contribution is -0.384. The standard InChI is InChI=1S/C12H12FN3O2S/c1-7-12(19-6-14-7)8(2)15-11-5-9(16(17)18)3-4-10(11)13/h3-6,8,15H,1-2H3. The second-order valence-electron chi connectivity index (χ2n) is 4.09. The van der Waals surface area contributed by atoms with Gasteiger partial charge in [-0.2, -0.15) is 0 Å². The molecule has 0 saturated carbocycles. The lowest BCUT2D eigenvalue weighted by atomic mass is 10.2. The molecule has 1 aromatic heterocycles. The van der Waals surface area contributed by atoms with Gasteiger partial charge in [-0.1, -0.05) is 0 Å². The predicted molar refractivity (Wildman–Crippen MR) is 71.9 cm³/mol. The van der Waals surface area contributed by atoms with Crippen molar-refractivity contribution in [2.24, 2.45) is 0 Å². The Morgan fingerprint density at radius 3 is 2.84 bits per heavy atom. The minimum atomic E-state index is -0.548. The van der Waals surface area contributed by atoms with Crippen LogP contribution in [-0.4, -0.2) is 9.91 Å². The normalized spacial score (nSPS) is 12.2. The zero-order valence-electron chi connectivity index (χ0n) is 10.4. The number of rotatable bonds is 4. The van der Waals surface area contributed by atoms with E-state index in [0.29, 0.717) is 0 Å². The van der Waals surface area contributed by atoms with Crippen LogP contribution < -0.4 is 5.32 Å². The van der Waals surface area contributed by atoms with Gasteiger partial charge in [-0.15, -0.1) is 11.3 Å². The van der Waals surface area contributed by atoms with Crippen molar-refractivity contribution in [2.75, 3.05) is 5.32 Å². The van der Waals surface area contributed by atoms with E-state index in [9.17, 15) is 14.5 Å². The summed E-state index contributed by atoms with van der Waals surface area (Å²) in [5, 5.41) is 13.6. The van der Waals surface area contributed by atoms with Crippen LogP contribution in [-0.2, 0) is 0 Å². The lowest BCUT2D eigenvalue weighted by Gasteiger charge is -2.14. The molecule has 5 nitrogen and oxygen atoms in total. The third-order valence-corrected chi connectivity index (χ3v) is 3.82. The molecule has 1 N–H and O–H groups in total. The Labute approximate surface area is 113 Å². The third-order valence-electron chi connectivity index (χ3n) is 2.71. The molecule has 1 unspecified atom stereocenters. The first-order chi connectivity index (χ1) is 8.99. The second kappa shape index (κ2) is 5.31. The van der Waals surface area contributed by atoms with Gasteiger partial charge >= 0.3 is 0 Å². The molecule has 1 aromatic carbocycles. The molecule has 100 valence electrons. The molecule has 0 aliphatic rings. The first-order valence-electron chi connectivity index (χ1n) is 5.59. The van der Waals surface area contributed by atoms with Gasteiger partial charge in [0.15, 0.2) is 0 Å².